The first-order valence-electron chi connectivity index (χ1n) is 9.79. The molecular formula is C20H27F3N4O3. The number of hydrogen-bond acceptors (Lipinski definition) is 4. The van der Waals surface area contributed by atoms with E-state index in [0.29, 0.717) is 31.5 Å². The molecule has 0 saturated carbocycles. The van der Waals surface area contributed by atoms with Gasteiger partial charge in [0.15, 0.2) is 11.6 Å². The smallest absolute Gasteiger partial charge is 0.240 e. The molecule has 2 unspecified atom stereocenters. The van der Waals surface area contributed by atoms with Crippen LogP contribution in [0.1, 0.15) is 38.7 Å². The van der Waals surface area contributed by atoms with Gasteiger partial charge in [0.25, 0.3) is 0 Å². The van der Waals surface area contributed by atoms with Crippen LogP contribution in [0.25, 0.3) is 0 Å². The van der Waals surface area contributed by atoms with Crippen molar-refractivity contribution in [3.8, 4) is 0 Å². The number of nitrogens with two attached hydrogens (primary N) is 2. The Kier molecular flexibility index (Phi) is 7.83. The van der Waals surface area contributed by atoms with Gasteiger partial charge in [-0.3, -0.25) is 14.4 Å². The number of hydrogen-bond donors (Lipinski definition) is 3. The largest absolute Gasteiger partial charge is 0.368 e. The number of likely N-dealkylation sites (tertiary alicyclic amines) is 1. The number of rotatable bonds is 8. The zero-order valence-corrected chi connectivity index (χ0v) is 17.0. The van der Waals surface area contributed by atoms with Crippen molar-refractivity contribution in [2.24, 2.45) is 17.4 Å². The Morgan fingerprint density at radius 1 is 1.17 bits per heavy atom. The van der Waals surface area contributed by atoms with Crippen molar-refractivity contribution in [3.63, 3.8) is 0 Å². The predicted molar refractivity (Wildman–Crippen MR) is 103 cm³/mol. The van der Waals surface area contributed by atoms with Crippen molar-refractivity contribution in [1.29, 1.82) is 0 Å². The molecule has 3 atom stereocenters. The molecular weight excluding hydrogens is 401 g/mol. The van der Waals surface area contributed by atoms with Gasteiger partial charge in [0.05, 0.1) is 6.04 Å². The Morgan fingerprint density at radius 2 is 1.80 bits per heavy atom. The van der Waals surface area contributed by atoms with Crippen molar-refractivity contribution >= 4 is 17.7 Å². The number of primary amides is 1. The SMILES string of the molecule is CC(C)C(N)C(=O)N[C@@H](CC(=O)N1CCCC1C(N)=O)Cc1cc(F)c(F)cc1F. The molecule has 1 fully saturated rings. The van der Waals surface area contributed by atoms with E-state index in [1.807, 2.05) is 0 Å². The third-order valence-electron chi connectivity index (χ3n) is 5.25. The van der Waals surface area contributed by atoms with Crippen molar-refractivity contribution in [1.82, 2.24) is 10.2 Å². The van der Waals surface area contributed by atoms with Crippen LogP contribution in [0.3, 0.4) is 0 Å². The molecule has 0 spiro atoms. The lowest BCUT2D eigenvalue weighted by atomic mass is 9.99. The predicted octanol–water partition coefficient (Wildman–Crippen LogP) is 0.981. The van der Waals surface area contributed by atoms with Gasteiger partial charge in [-0.25, -0.2) is 13.2 Å². The van der Waals surface area contributed by atoms with Gasteiger partial charge in [0.2, 0.25) is 17.7 Å². The van der Waals surface area contributed by atoms with Crippen molar-refractivity contribution < 1.29 is 27.6 Å². The Hall–Kier alpha value is -2.62. The summed E-state index contributed by atoms with van der Waals surface area (Å²) in [4.78, 5) is 38.1. The summed E-state index contributed by atoms with van der Waals surface area (Å²) >= 11 is 0. The van der Waals surface area contributed by atoms with E-state index in [0.717, 1.165) is 0 Å². The molecule has 0 aliphatic carbocycles. The van der Waals surface area contributed by atoms with E-state index in [1.54, 1.807) is 13.8 Å². The number of nitrogens with zero attached hydrogens (tertiary/aromatic N) is 1. The minimum absolute atomic E-state index is 0.195. The fourth-order valence-electron chi connectivity index (χ4n) is 3.45. The standard InChI is InChI=1S/C20H27F3N4O3/c1-10(2)18(24)20(30)26-12(6-11-7-14(22)15(23)9-13(11)21)8-17(28)27-5-3-4-16(27)19(25)29/h7,9-10,12,16,18H,3-6,8,24H2,1-2H3,(H2,25,29)(H,26,30)/t12-,16?,18?/m1/s1. The molecule has 10 heteroatoms. The van der Waals surface area contributed by atoms with Crippen molar-refractivity contribution in [3.05, 3.63) is 35.1 Å². The Bertz CT molecular complexity index is 819. The maximum absolute atomic E-state index is 14.1. The third kappa shape index (κ3) is 5.71. The summed E-state index contributed by atoms with van der Waals surface area (Å²) in [5.41, 5.74) is 11.0. The molecule has 166 valence electrons. The summed E-state index contributed by atoms with van der Waals surface area (Å²) in [6, 6.07) is -1.45. The van der Waals surface area contributed by atoms with Crippen LogP contribution in [0, 0.1) is 23.4 Å². The second kappa shape index (κ2) is 9.92. The quantitative estimate of drug-likeness (QED) is 0.535. The monoisotopic (exact) mass is 428 g/mol. The van der Waals surface area contributed by atoms with Crippen LogP contribution in [-0.2, 0) is 20.8 Å². The van der Waals surface area contributed by atoms with Crippen LogP contribution in [0.5, 0.6) is 0 Å². The first kappa shape index (κ1) is 23.7. The van der Waals surface area contributed by atoms with E-state index in [2.05, 4.69) is 5.32 Å². The number of carbonyl (C=O) groups excluding carboxylic acids is 3. The van der Waals surface area contributed by atoms with Crippen LogP contribution >= 0.6 is 0 Å². The number of halogens is 3. The second-order valence-corrected chi connectivity index (χ2v) is 7.89. The summed E-state index contributed by atoms with van der Waals surface area (Å²) < 4.78 is 40.9. The first-order chi connectivity index (χ1) is 14.0. The molecule has 1 aromatic carbocycles. The lowest BCUT2D eigenvalue weighted by Crippen LogP contribution is -2.51. The Labute approximate surface area is 173 Å². The third-order valence-corrected chi connectivity index (χ3v) is 5.25. The fourth-order valence-corrected chi connectivity index (χ4v) is 3.45. The molecule has 0 aromatic heterocycles. The molecule has 1 aliphatic heterocycles. The minimum Gasteiger partial charge on any atom is -0.368 e. The van der Waals surface area contributed by atoms with Gasteiger partial charge in [0.1, 0.15) is 11.9 Å². The number of benzene rings is 1. The van der Waals surface area contributed by atoms with Crippen molar-refractivity contribution in [2.75, 3.05) is 6.54 Å². The molecule has 1 aliphatic rings. The fraction of sp³-hybridized carbons (Fsp3) is 0.550. The summed E-state index contributed by atoms with van der Waals surface area (Å²) in [7, 11) is 0. The molecule has 2 rings (SSSR count). The summed E-state index contributed by atoms with van der Waals surface area (Å²) in [5, 5.41) is 2.60. The molecule has 1 heterocycles. The first-order valence-corrected chi connectivity index (χ1v) is 9.79. The summed E-state index contributed by atoms with van der Waals surface area (Å²) in [5.74, 6) is -5.41. The van der Waals surface area contributed by atoms with E-state index in [1.165, 1.54) is 4.90 Å². The highest BCUT2D eigenvalue weighted by molar-refractivity contribution is 5.88. The zero-order chi connectivity index (χ0) is 22.6. The topological polar surface area (TPSA) is 119 Å². The van der Waals surface area contributed by atoms with Gasteiger partial charge in [-0.2, -0.15) is 0 Å². The molecule has 7 nitrogen and oxygen atoms in total. The highest BCUT2D eigenvalue weighted by Gasteiger charge is 2.34. The van der Waals surface area contributed by atoms with Gasteiger partial charge in [0, 0.05) is 25.1 Å². The summed E-state index contributed by atoms with van der Waals surface area (Å²) in [6.07, 6.45) is 0.500. The molecule has 30 heavy (non-hydrogen) atoms. The van der Waals surface area contributed by atoms with Crippen LogP contribution < -0.4 is 16.8 Å². The molecule has 1 aromatic rings. The lowest BCUT2D eigenvalue weighted by Gasteiger charge is -2.27. The second-order valence-electron chi connectivity index (χ2n) is 7.89. The van der Waals surface area contributed by atoms with Gasteiger partial charge >= 0.3 is 0 Å². The van der Waals surface area contributed by atoms with Gasteiger partial charge in [-0.15, -0.1) is 0 Å². The molecule has 5 N–H and O–H groups in total. The molecule has 0 radical (unpaired) electrons. The van der Waals surface area contributed by atoms with E-state index in [4.69, 9.17) is 11.5 Å². The maximum Gasteiger partial charge on any atom is 0.240 e. The molecule has 3 amide bonds. The van der Waals surface area contributed by atoms with Crippen LogP contribution in [0.15, 0.2) is 12.1 Å². The maximum atomic E-state index is 14.1. The Balaban J connectivity index is 2.22. The van der Waals surface area contributed by atoms with Gasteiger partial charge < -0.3 is 21.7 Å². The van der Waals surface area contributed by atoms with Gasteiger partial charge in [-0.05, 0) is 36.8 Å². The van der Waals surface area contributed by atoms with E-state index < -0.39 is 53.3 Å². The normalized spacial score (nSPS) is 18.4. The minimum atomic E-state index is -1.34. The number of amides is 3. The van der Waals surface area contributed by atoms with E-state index in [9.17, 15) is 27.6 Å². The lowest BCUT2D eigenvalue weighted by molar-refractivity contribution is -0.138. The van der Waals surface area contributed by atoms with Crippen LogP contribution in [-0.4, -0.2) is 47.3 Å². The zero-order valence-electron chi connectivity index (χ0n) is 17.0. The average Bonchev–Trinajstić information content (AvgIpc) is 3.15. The number of carbonyl (C=O) groups is 3. The summed E-state index contributed by atoms with van der Waals surface area (Å²) in [6.45, 7) is 3.81. The van der Waals surface area contributed by atoms with Crippen LogP contribution in [0.2, 0.25) is 0 Å². The average molecular weight is 428 g/mol. The Morgan fingerprint density at radius 3 is 2.40 bits per heavy atom. The highest BCUT2D eigenvalue weighted by atomic mass is 19.2. The molecule has 0 bridgehead atoms. The molecule has 1 saturated heterocycles. The highest BCUT2D eigenvalue weighted by Crippen LogP contribution is 2.21. The van der Waals surface area contributed by atoms with E-state index in [-0.39, 0.29) is 24.3 Å². The van der Waals surface area contributed by atoms with Gasteiger partial charge in [-0.1, -0.05) is 13.8 Å². The van der Waals surface area contributed by atoms with E-state index >= 15 is 0 Å². The number of nitrogens with one attached hydrogen (secondary N) is 1. The van der Waals surface area contributed by atoms with Crippen molar-refractivity contribution in [2.45, 2.75) is 57.7 Å². The van der Waals surface area contributed by atoms with Crippen LogP contribution in [0.4, 0.5) is 13.2 Å².